The van der Waals surface area contributed by atoms with E-state index < -0.39 is 0 Å². The summed E-state index contributed by atoms with van der Waals surface area (Å²) in [7, 11) is 0. The van der Waals surface area contributed by atoms with Crippen molar-refractivity contribution in [2.75, 3.05) is 6.54 Å². The Morgan fingerprint density at radius 3 is 2.80 bits per heavy atom. The average Bonchev–Trinajstić information content (AvgIpc) is 2.44. The molecule has 2 N–H and O–H groups in total. The first kappa shape index (κ1) is 9.82. The minimum Gasteiger partial charge on any atom is -0.463 e. The van der Waals surface area contributed by atoms with Crippen LogP contribution in [-0.4, -0.2) is 29.3 Å². The molecule has 0 aliphatic carbocycles. The molecule has 2 aliphatic rings. The second-order valence-corrected chi connectivity index (χ2v) is 3.79. The van der Waals surface area contributed by atoms with Gasteiger partial charge in [-0.15, -0.1) is 4.70 Å². The molecule has 0 radical (unpaired) electrons. The molecule has 0 bridgehead atoms. The summed E-state index contributed by atoms with van der Waals surface area (Å²) in [5, 5.41) is 4.02. The summed E-state index contributed by atoms with van der Waals surface area (Å²) in [5.74, 6) is 1.38. The number of hydrogen-bond acceptors (Lipinski definition) is 5. The highest BCUT2D eigenvalue weighted by Crippen LogP contribution is 2.18. The summed E-state index contributed by atoms with van der Waals surface area (Å²) in [5.41, 5.74) is 6.52. The number of guanidine groups is 2. The van der Waals surface area contributed by atoms with Crippen LogP contribution in [0, 0.1) is 0 Å². The molecule has 0 atom stereocenters. The van der Waals surface area contributed by atoms with Crippen LogP contribution in [0.15, 0.2) is 26.6 Å². The van der Waals surface area contributed by atoms with Crippen molar-refractivity contribution in [3.8, 4) is 0 Å². The predicted octanol–water partition coefficient (Wildman–Crippen LogP) is 0.806. The Hall–Kier alpha value is -1.72. The van der Waals surface area contributed by atoms with E-state index in [1.165, 1.54) is 0 Å². The monoisotopic (exact) mass is 208 g/mol. The summed E-state index contributed by atoms with van der Waals surface area (Å²) < 4.78 is 7.23. The highest BCUT2D eigenvalue weighted by Gasteiger charge is 2.32. The maximum atomic E-state index is 5.56. The normalized spacial score (nSPS) is 19.9. The van der Waals surface area contributed by atoms with E-state index >= 15 is 0 Å². The highest BCUT2D eigenvalue weighted by molar-refractivity contribution is 5.93. The second-order valence-electron chi connectivity index (χ2n) is 3.79. The van der Waals surface area contributed by atoms with Crippen molar-refractivity contribution in [3.63, 3.8) is 0 Å². The molecular weight excluding hydrogens is 194 g/mol. The van der Waals surface area contributed by atoms with Gasteiger partial charge in [0, 0.05) is 5.57 Å². The van der Waals surface area contributed by atoms with Crippen LogP contribution in [0.5, 0.6) is 0 Å². The largest absolute Gasteiger partial charge is 0.463 e. The van der Waals surface area contributed by atoms with Gasteiger partial charge in [0.15, 0.2) is 0 Å². The maximum absolute atomic E-state index is 5.56. The number of azo groups is 2. The minimum absolute atomic E-state index is 0.102. The van der Waals surface area contributed by atoms with Crippen molar-refractivity contribution in [2.24, 2.45) is 20.8 Å². The molecule has 0 spiro atoms. The van der Waals surface area contributed by atoms with Crippen molar-refractivity contribution in [1.29, 1.82) is 0 Å². The molecule has 6 nitrogen and oxygen atoms in total. The van der Waals surface area contributed by atoms with E-state index in [-0.39, 0.29) is 12.1 Å². The Balaban J connectivity index is 2.27. The summed E-state index contributed by atoms with van der Waals surface area (Å²) in [6.45, 7) is 6.51. The number of aliphatic imine (C=N–C) groups is 2. The van der Waals surface area contributed by atoms with Crippen LogP contribution in [-0.2, 0) is 4.74 Å². The number of nitrogens with zero attached hydrogens (tertiary/aromatic N) is 4. The van der Waals surface area contributed by atoms with E-state index in [0.717, 1.165) is 5.57 Å². The summed E-state index contributed by atoms with van der Waals surface area (Å²) in [6, 6.07) is 0. The van der Waals surface area contributed by atoms with Gasteiger partial charge in [-0.3, -0.25) is 0 Å². The molecule has 2 rings (SSSR count). The Bertz CT molecular complexity index is 416. The molecule has 80 valence electrons. The third kappa shape index (κ3) is 1.88. The number of hydrogen-bond donors (Lipinski definition) is 1. The standard InChI is InChI=1S/C9H14N5O/c1-5(2)15-7-6(3)4-14-9(11-7)12-8(10)13-14/h5H,4H2,1-3H3,(H2,10,11,12)/q+1. The van der Waals surface area contributed by atoms with Gasteiger partial charge in [0.2, 0.25) is 0 Å². The molecule has 0 amide bonds. The molecule has 6 heteroatoms. The summed E-state index contributed by atoms with van der Waals surface area (Å²) in [6.07, 6.45) is 0.102. The van der Waals surface area contributed by atoms with E-state index in [1.54, 1.807) is 4.70 Å². The van der Waals surface area contributed by atoms with Crippen molar-refractivity contribution in [3.05, 3.63) is 11.5 Å². The predicted molar refractivity (Wildman–Crippen MR) is 55.5 cm³/mol. The average molecular weight is 208 g/mol. The topological polar surface area (TPSA) is 75.3 Å². The van der Waals surface area contributed by atoms with Crippen molar-refractivity contribution >= 4 is 11.9 Å². The smallest absolute Gasteiger partial charge is 0.459 e. The summed E-state index contributed by atoms with van der Waals surface area (Å²) in [4.78, 5) is 8.25. The van der Waals surface area contributed by atoms with E-state index in [0.29, 0.717) is 18.4 Å². The zero-order chi connectivity index (χ0) is 11.0. The van der Waals surface area contributed by atoms with Crippen molar-refractivity contribution in [1.82, 2.24) is 0 Å². The van der Waals surface area contributed by atoms with E-state index in [9.17, 15) is 0 Å². The number of fused-ring (bicyclic) bond motifs is 1. The van der Waals surface area contributed by atoms with Gasteiger partial charge in [0.1, 0.15) is 6.54 Å². The SMILES string of the molecule is CC1=C(OC(C)C)N=C2N=C(N)N=[N+]2C1. The molecule has 0 aromatic heterocycles. The minimum atomic E-state index is 0.102. The lowest BCUT2D eigenvalue weighted by Gasteiger charge is -2.12. The molecule has 0 saturated carbocycles. The van der Waals surface area contributed by atoms with Crippen LogP contribution < -0.4 is 5.73 Å². The molecule has 0 unspecified atom stereocenters. The molecule has 0 aromatic carbocycles. The lowest BCUT2D eigenvalue weighted by Crippen LogP contribution is -2.23. The number of nitrogens with two attached hydrogens (primary N) is 1. The van der Waals surface area contributed by atoms with Crippen LogP contribution in [0.1, 0.15) is 20.8 Å². The van der Waals surface area contributed by atoms with Gasteiger partial charge in [-0.05, 0) is 30.8 Å². The first-order valence-corrected chi connectivity index (χ1v) is 4.84. The lowest BCUT2D eigenvalue weighted by atomic mass is 10.3. The van der Waals surface area contributed by atoms with Gasteiger partial charge in [-0.25, -0.2) is 0 Å². The van der Waals surface area contributed by atoms with E-state index in [1.807, 2.05) is 20.8 Å². The molecule has 15 heavy (non-hydrogen) atoms. The number of ether oxygens (including phenoxy) is 1. The van der Waals surface area contributed by atoms with Crippen LogP contribution in [0.2, 0.25) is 0 Å². The fourth-order valence-corrected chi connectivity index (χ4v) is 1.37. The Morgan fingerprint density at radius 2 is 2.13 bits per heavy atom. The fourth-order valence-electron chi connectivity index (χ4n) is 1.37. The molecule has 2 aliphatic heterocycles. The quantitative estimate of drug-likeness (QED) is 0.681. The number of rotatable bonds is 2. The first-order chi connectivity index (χ1) is 7.06. The molecule has 0 fully saturated rings. The van der Waals surface area contributed by atoms with E-state index in [4.69, 9.17) is 10.5 Å². The highest BCUT2D eigenvalue weighted by atomic mass is 16.5. The van der Waals surface area contributed by atoms with Crippen molar-refractivity contribution < 1.29 is 9.43 Å². The second kappa shape index (κ2) is 3.45. The molecular formula is C9H14N5O+. The fraction of sp³-hybridized carbons (Fsp3) is 0.556. The molecule has 2 heterocycles. The first-order valence-electron chi connectivity index (χ1n) is 4.84. The zero-order valence-corrected chi connectivity index (χ0v) is 9.06. The van der Waals surface area contributed by atoms with Gasteiger partial charge in [0.05, 0.1) is 6.10 Å². The van der Waals surface area contributed by atoms with Gasteiger partial charge in [-0.2, -0.15) is 0 Å². The maximum Gasteiger partial charge on any atom is 0.459 e. The third-order valence-electron chi connectivity index (χ3n) is 1.97. The summed E-state index contributed by atoms with van der Waals surface area (Å²) >= 11 is 0. The lowest BCUT2D eigenvalue weighted by molar-refractivity contribution is -0.466. The van der Waals surface area contributed by atoms with Crippen LogP contribution in [0.3, 0.4) is 0 Å². The zero-order valence-electron chi connectivity index (χ0n) is 9.06. The Morgan fingerprint density at radius 1 is 1.40 bits per heavy atom. The van der Waals surface area contributed by atoms with Crippen LogP contribution >= 0.6 is 0 Å². The Labute approximate surface area is 87.9 Å². The third-order valence-corrected chi connectivity index (χ3v) is 1.97. The van der Waals surface area contributed by atoms with Crippen molar-refractivity contribution in [2.45, 2.75) is 26.9 Å². The van der Waals surface area contributed by atoms with Crippen LogP contribution in [0.25, 0.3) is 0 Å². The van der Waals surface area contributed by atoms with Crippen LogP contribution in [0.4, 0.5) is 0 Å². The Kier molecular flexibility index (Phi) is 2.26. The molecule has 0 aromatic rings. The van der Waals surface area contributed by atoms with Gasteiger partial charge in [-0.1, -0.05) is 5.11 Å². The van der Waals surface area contributed by atoms with E-state index in [2.05, 4.69) is 15.1 Å². The molecule has 0 saturated heterocycles. The van der Waals surface area contributed by atoms with Gasteiger partial charge >= 0.3 is 11.9 Å². The van der Waals surface area contributed by atoms with Gasteiger partial charge < -0.3 is 10.5 Å². The van der Waals surface area contributed by atoms with Gasteiger partial charge in [0.25, 0.3) is 5.88 Å².